The summed E-state index contributed by atoms with van der Waals surface area (Å²) >= 11 is 6.23. The number of aromatic nitrogens is 4. The molecule has 29 heavy (non-hydrogen) atoms. The van der Waals surface area contributed by atoms with Gasteiger partial charge in [-0.2, -0.15) is 5.26 Å². The lowest BCUT2D eigenvalue weighted by atomic mass is 9.85. The monoisotopic (exact) mass is 411 g/mol. The van der Waals surface area contributed by atoms with Crippen molar-refractivity contribution in [1.29, 1.82) is 5.26 Å². The molecular weight excluding hydrogens is 390 g/mol. The summed E-state index contributed by atoms with van der Waals surface area (Å²) in [5.41, 5.74) is 2.65. The van der Waals surface area contributed by atoms with Crippen LogP contribution >= 0.6 is 11.6 Å². The molecule has 0 fully saturated rings. The number of benzene rings is 1. The number of nitriles is 1. The topological polar surface area (TPSA) is 85.9 Å². The van der Waals surface area contributed by atoms with Crippen molar-refractivity contribution in [1.82, 2.24) is 19.5 Å². The van der Waals surface area contributed by atoms with Gasteiger partial charge in [0.2, 0.25) is 5.88 Å². The second-order valence-corrected chi connectivity index (χ2v) is 7.95. The SMILES string of the molecule is COc1cc(-c2cnc(COc3cc(Cl)c(C#N)cc3C(C)(C)C)n2C)ncn1. The van der Waals surface area contributed by atoms with Gasteiger partial charge in [0, 0.05) is 24.7 Å². The summed E-state index contributed by atoms with van der Waals surface area (Å²) in [6.45, 7) is 6.42. The minimum Gasteiger partial charge on any atom is -0.485 e. The highest BCUT2D eigenvalue weighted by Gasteiger charge is 2.22. The smallest absolute Gasteiger partial charge is 0.216 e. The number of nitrogens with zero attached hydrogens (tertiary/aromatic N) is 5. The summed E-state index contributed by atoms with van der Waals surface area (Å²) in [6, 6.07) is 7.35. The zero-order chi connectivity index (χ0) is 21.2. The van der Waals surface area contributed by atoms with Crippen molar-refractivity contribution < 1.29 is 9.47 Å². The minimum atomic E-state index is -0.212. The molecular formula is C21H22ClN5O2. The lowest BCUT2D eigenvalue weighted by Crippen LogP contribution is -2.15. The molecule has 2 aromatic heterocycles. The Balaban J connectivity index is 1.89. The van der Waals surface area contributed by atoms with E-state index in [0.717, 1.165) is 17.1 Å². The lowest BCUT2D eigenvalue weighted by molar-refractivity contribution is 0.284. The molecule has 0 radical (unpaired) electrons. The molecule has 0 spiro atoms. The van der Waals surface area contributed by atoms with Gasteiger partial charge in [0.15, 0.2) is 0 Å². The first-order valence-corrected chi connectivity index (χ1v) is 9.36. The number of hydrogen-bond acceptors (Lipinski definition) is 6. The second kappa shape index (κ2) is 8.10. The Morgan fingerprint density at radius 2 is 1.93 bits per heavy atom. The van der Waals surface area contributed by atoms with Gasteiger partial charge < -0.3 is 14.0 Å². The van der Waals surface area contributed by atoms with Gasteiger partial charge in [0.1, 0.15) is 30.6 Å². The molecule has 0 saturated heterocycles. The van der Waals surface area contributed by atoms with Crippen LogP contribution in [0.5, 0.6) is 11.6 Å². The predicted octanol–water partition coefficient (Wildman–Crippen LogP) is 4.29. The van der Waals surface area contributed by atoms with Gasteiger partial charge in [-0.25, -0.2) is 15.0 Å². The van der Waals surface area contributed by atoms with Crippen molar-refractivity contribution in [3.8, 4) is 29.1 Å². The Morgan fingerprint density at radius 1 is 1.17 bits per heavy atom. The molecule has 8 heteroatoms. The van der Waals surface area contributed by atoms with Gasteiger partial charge in [0.05, 0.1) is 35.3 Å². The standard InChI is InChI=1S/C21H22ClN5O2/c1-21(2,3)14-6-13(9-23)15(22)7-18(14)29-11-19-24-10-17(27(19)4)16-8-20(28-5)26-12-25-16/h6-8,10,12H,11H2,1-5H3. The van der Waals surface area contributed by atoms with E-state index in [9.17, 15) is 5.26 Å². The zero-order valence-corrected chi connectivity index (χ0v) is 17.8. The number of imidazole rings is 1. The number of hydrogen-bond donors (Lipinski definition) is 0. The molecule has 1 aromatic carbocycles. The Hall–Kier alpha value is -3.11. The quantitative estimate of drug-likeness (QED) is 0.622. The van der Waals surface area contributed by atoms with Crippen LogP contribution in [0.15, 0.2) is 30.7 Å². The predicted molar refractivity (Wildman–Crippen MR) is 110 cm³/mol. The highest BCUT2D eigenvalue weighted by atomic mass is 35.5. The van der Waals surface area contributed by atoms with Crippen molar-refractivity contribution in [3.63, 3.8) is 0 Å². The first kappa shape index (κ1) is 20.6. The zero-order valence-electron chi connectivity index (χ0n) is 17.0. The van der Waals surface area contributed by atoms with Crippen LogP contribution in [0.3, 0.4) is 0 Å². The number of ether oxygens (including phenoxy) is 2. The van der Waals surface area contributed by atoms with E-state index in [-0.39, 0.29) is 12.0 Å². The Kier molecular flexibility index (Phi) is 5.76. The van der Waals surface area contributed by atoms with Gasteiger partial charge in [-0.1, -0.05) is 32.4 Å². The summed E-state index contributed by atoms with van der Waals surface area (Å²) in [5.74, 6) is 1.84. The third-order valence-corrected chi connectivity index (χ3v) is 4.87. The number of methoxy groups -OCH3 is 1. The minimum absolute atomic E-state index is 0.212. The van der Waals surface area contributed by atoms with E-state index < -0.39 is 0 Å². The molecule has 0 N–H and O–H groups in total. The first-order chi connectivity index (χ1) is 13.7. The van der Waals surface area contributed by atoms with E-state index in [1.165, 1.54) is 6.33 Å². The molecule has 2 heterocycles. The van der Waals surface area contributed by atoms with E-state index in [0.29, 0.717) is 27.9 Å². The summed E-state index contributed by atoms with van der Waals surface area (Å²) in [4.78, 5) is 12.8. The molecule has 0 bridgehead atoms. The van der Waals surface area contributed by atoms with E-state index in [1.54, 1.807) is 31.5 Å². The average molecular weight is 412 g/mol. The van der Waals surface area contributed by atoms with Crippen LogP contribution in [0.1, 0.15) is 37.7 Å². The lowest BCUT2D eigenvalue weighted by Gasteiger charge is -2.23. The third-order valence-electron chi connectivity index (χ3n) is 4.55. The van der Waals surface area contributed by atoms with Crippen LogP contribution in [0.4, 0.5) is 0 Å². The fraction of sp³-hybridized carbons (Fsp3) is 0.333. The molecule has 150 valence electrons. The van der Waals surface area contributed by atoms with Crippen LogP contribution in [0.2, 0.25) is 5.02 Å². The summed E-state index contributed by atoms with van der Waals surface area (Å²) < 4.78 is 13.1. The Morgan fingerprint density at radius 3 is 2.59 bits per heavy atom. The Labute approximate surface area is 174 Å². The van der Waals surface area contributed by atoms with Crippen molar-refractivity contribution >= 4 is 11.6 Å². The third kappa shape index (κ3) is 4.33. The van der Waals surface area contributed by atoms with E-state index in [4.69, 9.17) is 21.1 Å². The van der Waals surface area contributed by atoms with Crippen molar-refractivity contribution in [2.24, 2.45) is 7.05 Å². The summed E-state index contributed by atoms with van der Waals surface area (Å²) in [6.07, 6.45) is 3.18. The average Bonchev–Trinajstić information content (AvgIpc) is 3.06. The highest BCUT2D eigenvalue weighted by molar-refractivity contribution is 6.31. The van der Waals surface area contributed by atoms with Gasteiger partial charge in [-0.05, 0) is 11.5 Å². The maximum Gasteiger partial charge on any atom is 0.216 e. The molecule has 0 aliphatic heterocycles. The molecule has 7 nitrogen and oxygen atoms in total. The fourth-order valence-corrected chi connectivity index (χ4v) is 3.10. The molecule has 0 aliphatic carbocycles. The van der Waals surface area contributed by atoms with Gasteiger partial charge >= 0.3 is 0 Å². The normalized spacial score (nSPS) is 11.2. The molecule has 0 unspecified atom stereocenters. The first-order valence-electron chi connectivity index (χ1n) is 8.98. The molecule has 3 aromatic rings. The molecule has 0 aliphatic rings. The number of halogens is 1. The van der Waals surface area contributed by atoms with Gasteiger partial charge in [-0.15, -0.1) is 0 Å². The highest BCUT2D eigenvalue weighted by Crippen LogP contribution is 2.36. The van der Waals surface area contributed by atoms with Crippen LogP contribution in [0, 0.1) is 11.3 Å². The van der Waals surface area contributed by atoms with E-state index >= 15 is 0 Å². The maximum absolute atomic E-state index is 9.28. The van der Waals surface area contributed by atoms with E-state index in [1.807, 2.05) is 11.6 Å². The largest absolute Gasteiger partial charge is 0.485 e. The van der Waals surface area contributed by atoms with E-state index in [2.05, 4.69) is 41.8 Å². The summed E-state index contributed by atoms with van der Waals surface area (Å²) in [7, 11) is 3.45. The Bertz CT molecular complexity index is 1080. The van der Waals surface area contributed by atoms with Crippen molar-refractivity contribution in [2.45, 2.75) is 32.8 Å². The molecule has 0 saturated carbocycles. The van der Waals surface area contributed by atoms with Crippen LogP contribution in [0.25, 0.3) is 11.4 Å². The van der Waals surface area contributed by atoms with Crippen LogP contribution in [-0.2, 0) is 19.1 Å². The van der Waals surface area contributed by atoms with Gasteiger partial charge in [-0.3, -0.25) is 0 Å². The van der Waals surface area contributed by atoms with Crippen molar-refractivity contribution in [3.05, 3.63) is 52.7 Å². The molecule has 0 atom stereocenters. The van der Waals surface area contributed by atoms with Crippen LogP contribution < -0.4 is 9.47 Å². The molecule has 3 rings (SSSR count). The molecule has 0 amide bonds. The summed E-state index contributed by atoms with van der Waals surface area (Å²) in [5, 5.41) is 9.65. The van der Waals surface area contributed by atoms with Crippen molar-refractivity contribution in [2.75, 3.05) is 7.11 Å². The fourth-order valence-electron chi connectivity index (χ4n) is 2.90. The second-order valence-electron chi connectivity index (χ2n) is 7.54. The number of rotatable bonds is 5. The maximum atomic E-state index is 9.28. The van der Waals surface area contributed by atoms with Crippen LogP contribution in [-0.4, -0.2) is 26.6 Å². The van der Waals surface area contributed by atoms with Gasteiger partial charge in [0.25, 0.3) is 0 Å².